The van der Waals surface area contributed by atoms with Gasteiger partial charge in [-0.15, -0.1) is 0 Å². The average molecular weight is 436 g/mol. The van der Waals surface area contributed by atoms with E-state index in [4.69, 9.17) is 0 Å². The molecule has 1 aromatic heterocycles. The minimum absolute atomic E-state index is 0.245. The first-order valence-electron chi connectivity index (χ1n) is 10.8. The minimum atomic E-state index is -0.815. The maximum atomic E-state index is 13.6. The van der Waals surface area contributed by atoms with Crippen molar-refractivity contribution in [1.82, 2.24) is 15.2 Å². The van der Waals surface area contributed by atoms with Crippen molar-refractivity contribution in [2.45, 2.75) is 19.1 Å². The molecular weight excluding hydrogens is 410 g/mol. The van der Waals surface area contributed by atoms with E-state index in [1.807, 2.05) is 91.0 Å². The maximum Gasteiger partial charge on any atom is 0.273 e. The number of aromatic nitrogens is 1. The van der Waals surface area contributed by atoms with Crippen LogP contribution in [0.25, 0.3) is 0 Å². The molecule has 0 saturated heterocycles. The fourth-order valence-corrected chi connectivity index (χ4v) is 3.69. The quantitative estimate of drug-likeness (QED) is 0.433. The molecule has 1 atom stereocenters. The first-order chi connectivity index (χ1) is 16.2. The predicted octanol–water partition coefficient (Wildman–Crippen LogP) is 4.78. The zero-order chi connectivity index (χ0) is 22.9. The van der Waals surface area contributed by atoms with Crippen molar-refractivity contribution in [2.75, 3.05) is 0 Å². The van der Waals surface area contributed by atoms with Gasteiger partial charge >= 0.3 is 0 Å². The normalized spacial score (nSPS) is 11.4. The molecule has 4 rings (SSSR count). The molecular formula is C28H25N3O2. The van der Waals surface area contributed by atoms with Crippen molar-refractivity contribution in [3.63, 3.8) is 0 Å². The lowest BCUT2D eigenvalue weighted by molar-refractivity contribution is -0.126. The molecule has 1 N–H and O–H groups in total. The predicted molar refractivity (Wildman–Crippen MR) is 128 cm³/mol. The third kappa shape index (κ3) is 5.71. The molecule has 3 aromatic carbocycles. The van der Waals surface area contributed by atoms with Crippen LogP contribution in [0.15, 0.2) is 115 Å². The molecule has 0 aliphatic heterocycles. The highest BCUT2D eigenvalue weighted by Gasteiger charge is 2.32. The molecule has 0 bridgehead atoms. The molecule has 33 heavy (non-hydrogen) atoms. The smallest absolute Gasteiger partial charge is 0.273 e. The fraction of sp³-hybridized carbons (Fsp3) is 0.107. The molecule has 5 heteroatoms. The van der Waals surface area contributed by atoms with E-state index >= 15 is 0 Å². The van der Waals surface area contributed by atoms with E-state index in [9.17, 15) is 9.59 Å². The van der Waals surface area contributed by atoms with Gasteiger partial charge in [-0.1, -0.05) is 97.1 Å². The van der Waals surface area contributed by atoms with Gasteiger partial charge in [-0.2, -0.15) is 0 Å². The van der Waals surface area contributed by atoms with Crippen LogP contribution in [0.1, 0.15) is 33.2 Å². The monoisotopic (exact) mass is 435 g/mol. The molecule has 4 aromatic rings. The number of carbonyl (C=O) groups is 2. The summed E-state index contributed by atoms with van der Waals surface area (Å²) >= 11 is 0. The topological polar surface area (TPSA) is 62.3 Å². The Labute approximate surface area is 193 Å². The number of amides is 2. The van der Waals surface area contributed by atoms with Crippen LogP contribution in [0.4, 0.5) is 0 Å². The zero-order valence-electron chi connectivity index (χ0n) is 18.2. The summed E-state index contributed by atoms with van der Waals surface area (Å²) in [6, 6.07) is 33.2. The molecule has 0 spiro atoms. The summed E-state index contributed by atoms with van der Waals surface area (Å²) in [6.07, 6.45) is 1.58. The number of hydrogen-bond acceptors (Lipinski definition) is 3. The number of nitrogens with zero attached hydrogens (tertiary/aromatic N) is 2. The van der Waals surface area contributed by atoms with Crippen LogP contribution in [-0.2, 0) is 17.9 Å². The van der Waals surface area contributed by atoms with Gasteiger partial charge in [-0.3, -0.25) is 14.6 Å². The van der Waals surface area contributed by atoms with E-state index < -0.39 is 6.04 Å². The summed E-state index contributed by atoms with van der Waals surface area (Å²) in [6.45, 7) is 0.647. The molecule has 0 radical (unpaired) electrons. The van der Waals surface area contributed by atoms with Crippen molar-refractivity contribution in [3.05, 3.63) is 138 Å². The first kappa shape index (κ1) is 22.0. The Balaban J connectivity index is 1.70. The summed E-state index contributed by atoms with van der Waals surface area (Å²) in [7, 11) is 0. The molecule has 164 valence electrons. The first-order valence-corrected chi connectivity index (χ1v) is 10.8. The van der Waals surface area contributed by atoms with Crippen LogP contribution in [0, 0.1) is 0 Å². The summed E-state index contributed by atoms with van der Waals surface area (Å²) in [5.41, 5.74) is 2.95. The maximum absolute atomic E-state index is 13.6. The van der Waals surface area contributed by atoms with Crippen LogP contribution in [0.2, 0.25) is 0 Å². The fourth-order valence-electron chi connectivity index (χ4n) is 3.69. The van der Waals surface area contributed by atoms with Gasteiger partial charge in [-0.25, -0.2) is 0 Å². The van der Waals surface area contributed by atoms with Gasteiger partial charge in [0.15, 0.2) is 0 Å². The lowest BCUT2D eigenvalue weighted by Gasteiger charge is -2.31. The average Bonchev–Trinajstić information content (AvgIpc) is 2.89. The second-order valence-electron chi connectivity index (χ2n) is 7.65. The number of hydrogen-bond donors (Lipinski definition) is 1. The van der Waals surface area contributed by atoms with E-state index in [2.05, 4.69) is 10.3 Å². The van der Waals surface area contributed by atoms with E-state index in [1.54, 1.807) is 29.3 Å². The largest absolute Gasteiger partial charge is 0.350 e. The number of carbonyl (C=O) groups excluding carboxylic acids is 2. The van der Waals surface area contributed by atoms with Crippen molar-refractivity contribution >= 4 is 11.8 Å². The molecule has 1 heterocycles. The third-order valence-corrected chi connectivity index (χ3v) is 5.33. The van der Waals surface area contributed by atoms with Gasteiger partial charge in [0.25, 0.3) is 5.91 Å². The van der Waals surface area contributed by atoms with Crippen molar-refractivity contribution in [3.8, 4) is 0 Å². The Hall–Kier alpha value is -4.25. The Morgan fingerprint density at radius 2 is 1.30 bits per heavy atom. The van der Waals surface area contributed by atoms with Gasteiger partial charge in [-0.05, 0) is 28.8 Å². The highest BCUT2D eigenvalue weighted by Crippen LogP contribution is 2.25. The van der Waals surface area contributed by atoms with Crippen molar-refractivity contribution in [2.24, 2.45) is 0 Å². The van der Waals surface area contributed by atoms with Gasteiger partial charge < -0.3 is 10.2 Å². The lowest BCUT2D eigenvalue weighted by atomic mass is 10.0. The zero-order valence-corrected chi connectivity index (χ0v) is 18.2. The van der Waals surface area contributed by atoms with Crippen LogP contribution in [0.5, 0.6) is 0 Å². The molecule has 2 amide bonds. The number of nitrogens with one attached hydrogen (secondary N) is 1. The van der Waals surface area contributed by atoms with Crippen LogP contribution in [0.3, 0.4) is 0 Å². The highest BCUT2D eigenvalue weighted by atomic mass is 16.2. The van der Waals surface area contributed by atoms with Crippen molar-refractivity contribution in [1.29, 1.82) is 0 Å². The van der Waals surface area contributed by atoms with E-state index in [1.165, 1.54) is 0 Å². The SMILES string of the molecule is O=C(NCc1ccccc1)[C@H](c1ccccc1)N(Cc1ccccc1)C(=O)c1ccccn1. The summed E-state index contributed by atoms with van der Waals surface area (Å²) in [5.74, 6) is -0.548. The second-order valence-corrected chi connectivity index (χ2v) is 7.65. The number of benzene rings is 3. The van der Waals surface area contributed by atoms with E-state index in [0.717, 1.165) is 16.7 Å². The molecule has 0 aliphatic carbocycles. The highest BCUT2D eigenvalue weighted by molar-refractivity contribution is 5.96. The Morgan fingerprint density at radius 1 is 0.727 bits per heavy atom. The van der Waals surface area contributed by atoms with Gasteiger partial charge in [0.05, 0.1) is 0 Å². The minimum Gasteiger partial charge on any atom is -0.350 e. The second kappa shape index (κ2) is 10.9. The summed E-state index contributed by atoms with van der Waals surface area (Å²) in [4.78, 5) is 33.0. The van der Waals surface area contributed by atoms with Gasteiger partial charge in [0, 0.05) is 19.3 Å². The number of pyridine rings is 1. The van der Waals surface area contributed by atoms with Crippen LogP contribution in [-0.4, -0.2) is 21.7 Å². The lowest BCUT2D eigenvalue weighted by Crippen LogP contribution is -2.43. The number of rotatable bonds is 8. The molecule has 0 unspecified atom stereocenters. The Morgan fingerprint density at radius 3 is 1.91 bits per heavy atom. The van der Waals surface area contributed by atoms with Crippen molar-refractivity contribution < 1.29 is 9.59 Å². The third-order valence-electron chi connectivity index (χ3n) is 5.33. The standard InChI is InChI=1S/C28H25N3O2/c32-27(30-20-22-12-4-1-5-13-22)26(24-16-8-3-9-17-24)31(21-23-14-6-2-7-15-23)28(33)25-18-10-11-19-29-25/h1-19,26H,20-21H2,(H,30,32)/t26-/m0/s1. The van der Waals surface area contributed by atoms with E-state index in [0.29, 0.717) is 12.2 Å². The Kier molecular flexibility index (Phi) is 7.23. The molecule has 0 saturated carbocycles. The Bertz CT molecular complexity index is 1170. The van der Waals surface area contributed by atoms with Crippen LogP contribution >= 0.6 is 0 Å². The molecule has 0 aliphatic rings. The molecule has 0 fully saturated rings. The van der Waals surface area contributed by atoms with Gasteiger partial charge in [0.2, 0.25) is 5.91 Å². The summed E-state index contributed by atoms with van der Waals surface area (Å²) < 4.78 is 0. The summed E-state index contributed by atoms with van der Waals surface area (Å²) in [5, 5.41) is 3.02. The van der Waals surface area contributed by atoms with Crippen LogP contribution < -0.4 is 5.32 Å². The van der Waals surface area contributed by atoms with Gasteiger partial charge in [0.1, 0.15) is 11.7 Å². The molecule has 5 nitrogen and oxygen atoms in total. The van der Waals surface area contributed by atoms with E-state index in [-0.39, 0.29) is 18.4 Å².